The molecule has 0 unspecified atom stereocenters. The lowest BCUT2D eigenvalue weighted by Gasteiger charge is -2.17. The van der Waals surface area contributed by atoms with E-state index in [0.717, 1.165) is 16.1 Å². The number of nitrogens with one attached hydrogen (secondary N) is 1. The summed E-state index contributed by atoms with van der Waals surface area (Å²) in [6.07, 6.45) is 3.30. The third kappa shape index (κ3) is 5.43. The van der Waals surface area contributed by atoms with Gasteiger partial charge < -0.3 is 9.84 Å². The van der Waals surface area contributed by atoms with Crippen molar-refractivity contribution < 1.29 is 9.32 Å². The van der Waals surface area contributed by atoms with Gasteiger partial charge in [-0.15, -0.1) is 11.8 Å². The van der Waals surface area contributed by atoms with Crippen molar-refractivity contribution in [2.75, 3.05) is 5.32 Å². The number of halogens is 1. The Labute approximate surface area is 194 Å². The minimum absolute atomic E-state index is 0.205. The van der Waals surface area contributed by atoms with Crippen LogP contribution >= 0.6 is 23.4 Å². The van der Waals surface area contributed by atoms with Crippen molar-refractivity contribution in [1.29, 1.82) is 0 Å². The molecule has 0 radical (unpaired) electrons. The predicted octanol–water partition coefficient (Wildman–Crippen LogP) is 6.25. The average Bonchev–Trinajstić information content (AvgIpc) is 3.22. The van der Waals surface area contributed by atoms with Gasteiger partial charge in [-0.25, -0.2) is 4.98 Å². The number of carbonyl (C=O) groups is 1. The van der Waals surface area contributed by atoms with Crippen molar-refractivity contribution in [3.8, 4) is 0 Å². The molecule has 0 fully saturated rings. The summed E-state index contributed by atoms with van der Waals surface area (Å²) in [6, 6.07) is 22.5. The molecule has 2 aromatic carbocycles. The molecule has 1 amide bonds. The lowest BCUT2D eigenvalue weighted by Crippen LogP contribution is -2.19. The van der Waals surface area contributed by atoms with Gasteiger partial charge >= 0.3 is 0 Å². The highest BCUT2D eigenvalue weighted by Gasteiger charge is 2.24. The summed E-state index contributed by atoms with van der Waals surface area (Å²) >= 11 is 7.55. The lowest BCUT2D eigenvalue weighted by molar-refractivity contribution is -0.115. The van der Waals surface area contributed by atoms with E-state index in [9.17, 15) is 4.79 Å². The van der Waals surface area contributed by atoms with E-state index in [1.807, 2.05) is 60.7 Å². The Kier molecular flexibility index (Phi) is 6.99. The van der Waals surface area contributed by atoms with Crippen molar-refractivity contribution in [2.45, 2.75) is 17.1 Å². The van der Waals surface area contributed by atoms with Crippen molar-refractivity contribution >= 4 is 47.0 Å². The van der Waals surface area contributed by atoms with Crippen LogP contribution in [0.15, 0.2) is 93.4 Å². The second kappa shape index (κ2) is 10.3. The predicted molar refractivity (Wildman–Crippen MR) is 128 cm³/mol. The van der Waals surface area contributed by atoms with Gasteiger partial charge in [0, 0.05) is 28.9 Å². The number of pyridine rings is 1. The topological polar surface area (TPSA) is 80.4 Å². The van der Waals surface area contributed by atoms with Crippen LogP contribution in [0.4, 0.5) is 11.5 Å². The van der Waals surface area contributed by atoms with Crippen molar-refractivity contribution in [2.24, 2.45) is 4.99 Å². The molecule has 0 saturated heterocycles. The third-order valence-electron chi connectivity index (χ3n) is 4.46. The second-order valence-corrected chi connectivity index (χ2v) is 8.33. The Morgan fingerprint density at radius 3 is 2.66 bits per heavy atom. The first-order valence-electron chi connectivity index (χ1n) is 9.79. The molecular formula is C24H19ClN4O2S. The number of benzene rings is 2. The van der Waals surface area contributed by atoms with E-state index in [4.69, 9.17) is 16.1 Å². The Hall–Kier alpha value is -3.42. The maximum atomic E-state index is 13.2. The number of aryl methyl sites for hydroxylation is 1. The number of anilines is 1. The summed E-state index contributed by atoms with van der Waals surface area (Å²) in [5.41, 5.74) is 2.31. The van der Waals surface area contributed by atoms with Gasteiger partial charge in [0.1, 0.15) is 16.2 Å². The smallest absolute Gasteiger partial charge is 0.243 e. The number of hydrogen-bond donors (Lipinski definition) is 1. The molecule has 0 aliphatic rings. The molecule has 0 saturated carbocycles. The van der Waals surface area contributed by atoms with E-state index < -0.39 is 5.25 Å². The molecule has 2 aromatic heterocycles. The normalized spacial score (nSPS) is 12.1. The standard InChI is InChI=1S/C24H19ClN4O2S/c1-16-14-21(29-31-16)28-24(30)22(17-8-3-2-4-9-17)32-20-12-6-5-11-19(20)27-15-18-10-7-13-26-23(18)25/h2-15,22H,1H3,(H,28,29,30)/t22-/m0/s1. The number of carbonyl (C=O) groups excluding carboxylic acids is 1. The number of nitrogens with zero attached hydrogens (tertiary/aromatic N) is 3. The summed E-state index contributed by atoms with van der Waals surface area (Å²) in [4.78, 5) is 22.7. The van der Waals surface area contributed by atoms with E-state index >= 15 is 0 Å². The van der Waals surface area contributed by atoms with Gasteiger partial charge in [0.25, 0.3) is 0 Å². The zero-order chi connectivity index (χ0) is 22.3. The summed E-state index contributed by atoms with van der Waals surface area (Å²) in [5.74, 6) is 0.799. The molecule has 2 heterocycles. The molecule has 8 heteroatoms. The Bertz CT molecular complexity index is 1240. The minimum Gasteiger partial charge on any atom is -0.360 e. The largest absolute Gasteiger partial charge is 0.360 e. The molecule has 1 N–H and O–H groups in total. The van der Waals surface area contributed by atoms with Crippen molar-refractivity contribution in [3.63, 3.8) is 0 Å². The molecule has 1 atom stereocenters. The zero-order valence-electron chi connectivity index (χ0n) is 17.1. The molecule has 0 aliphatic heterocycles. The fraction of sp³-hybridized carbons (Fsp3) is 0.0833. The molecule has 0 aliphatic carbocycles. The van der Waals surface area contributed by atoms with Crippen LogP contribution in [0.25, 0.3) is 0 Å². The van der Waals surface area contributed by atoms with Gasteiger partial charge in [0.15, 0.2) is 5.82 Å². The molecule has 32 heavy (non-hydrogen) atoms. The van der Waals surface area contributed by atoms with Gasteiger partial charge in [-0.1, -0.05) is 59.2 Å². The van der Waals surface area contributed by atoms with E-state index in [-0.39, 0.29) is 5.91 Å². The quantitative estimate of drug-likeness (QED) is 0.199. The Morgan fingerprint density at radius 1 is 1.12 bits per heavy atom. The first kappa shape index (κ1) is 21.8. The highest BCUT2D eigenvalue weighted by Crippen LogP contribution is 2.40. The summed E-state index contributed by atoms with van der Waals surface area (Å²) in [7, 11) is 0. The summed E-state index contributed by atoms with van der Waals surface area (Å²) in [6.45, 7) is 1.77. The summed E-state index contributed by atoms with van der Waals surface area (Å²) in [5, 5.41) is 6.57. The number of para-hydroxylation sites is 1. The summed E-state index contributed by atoms with van der Waals surface area (Å²) < 4.78 is 5.07. The maximum absolute atomic E-state index is 13.2. The van der Waals surface area contributed by atoms with Crippen LogP contribution in [-0.4, -0.2) is 22.3 Å². The van der Waals surface area contributed by atoms with Gasteiger partial charge in [-0.05, 0) is 36.8 Å². The van der Waals surface area contributed by atoms with Crippen LogP contribution in [0.5, 0.6) is 0 Å². The number of aliphatic imine (C=N–C) groups is 1. The number of thioether (sulfide) groups is 1. The fourth-order valence-electron chi connectivity index (χ4n) is 2.94. The first-order valence-corrected chi connectivity index (χ1v) is 11.1. The average molecular weight is 463 g/mol. The van der Waals surface area contributed by atoms with Crippen LogP contribution < -0.4 is 5.32 Å². The van der Waals surface area contributed by atoms with Crippen LogP contribution in [0.1, 0.15) is 22.1 Å². The molecule has 4 aromatic rings. The second-order valence-electron chi connectivity index (χ2n) is 6.83. The molecule has 4 rings (SSSR count). The van der Waals surface area contributed by atoms with Crippen LogP contribution in [0.2, 0.25) is 5.15 Å². The number of hydrogen-bond acceptors (Lipinski definition) is 6. The van der Waals surface area contributed by atoms with E-state index in [2.05, 4.69) is 20.4 Å². The van der Waals surface area contributed by atoms with Crippen molar-refractivity contribution in [1.82, 2.24) is 10.1 Å². The first-order chi connectivity index (χ1) is 15.6. The molecule has 6 nitrogen and oxygen atoms in total. The lowest BCUT2D eigenvalue weighted by atomic mass is 10.1. The van der Waals surface area contributed by atoms with Gasteiger partial charge in [-0.2, -0.15) is 0 Å². The number of amides is 1. The van der Waals surface area contributed by atoms with Crippen LogP contribution in [-0.2, 0) is 4.79 Å². The zero-order valence-corrected chi connectivity index (χ0v) is 18.7. The minimum atomic E-state index is -0.522. The molecular weight excluding hydrogens is 444 g/mol. The van der Waals surface area contributed by atoms with E-state index in [1.165, 1.54) is 11.8 Å². The molecule has 0 bridgehead atoms. The van der Waals surface area contributed by atoms with Gasteiger partial charge in [0.2, 0.25) is 5.91 Å². The number of aromatic nitrogens is 2. The third-order valence-corrected chi connectivity index (χ3v) is 6.10. The maximum Gasteiger partial charge on any atom is 0.243 e. The molecule has 0 spiro atoms. The molecule has 160 valence electrons. The number of rotatable bonds is 7. The van der Waals surface area contributed by atoms with Gasteiger partial charge in [0.05, 0.1) is 5.69 Å². The van der Waals surface area contributed by atoms with E-state index in [1.54, 1.807) is 31.5 Å². The Balaban J connectivity index is 1.62. The fourth-order valence-corrected chi connectivity index (χ4v) is 4.22. The van der Waals surface area contributed by atoms with E-state index in [0.29, 0.717) is 22.3 Å². The monoisotopic (exact) mass is 462 g/mol. The van der Waals surface area contributed by atoms with Gasteiger partial charge in [-0.3, -0.25) is 9.79 Å². The Morgan fingerprint density at radius 2 is 1.91 bits per heavy atom. The van der Waals surface area contributed by atoms with Crippen molar-refractivity contribution in [3.05, 3.63) is 101 Å². The SMILES string of the molecule is Cc1cc(NC(=O)[C@@H](Sc2ccccc2N=Cc2cccnc2Cl)c2ccccc2)no1. The van der Waals surface area contributed by atoms with Crippen LogP contribution in [0.3, 0.4) is 0 Å². The highest BCUT2D eigenvalue weighted by molar-refractivity contribution is 8.00. The van der Waals surface area contributed by atoms with Crippen LogP contribution in [0, 0.1) is 6.92 Å². The highest BCUT2D eigenvalue weighted by atomic mass is 35.5.